The highest BCUT2D eigenvalue weighted by atomic mass is 79.9. The molecule has 23 heavy (non-hydrogen) atoms. The van der Waals surface area contributed by atoms with Crippen LogP contribution in [-0.4, -0.2) is 48.7 Å². The standard InChI is InChI=1S/C16H20BrNO5/c1-9(16(20)21)8-18(11-4-5-11)15(19)10-6-12(22-2)14(17)13(7-10)23-3/h6-7,9,11H,4-5,8H2,1-3H3,(H,20,21). The molecule has 1 amide bonds. The Morgan fingerprint density at radius 3 is 2.22 bits per heavy atom. The lowest BCUT2D eigenvalue weighted by Gasteiger charge is -2.25. The van der Waals surface area contributed by atoms with Gasteiger partial charge >= 0.3 is 5.97 Å². The van der Waals surface area contributed by atoms with E-state index in [-0.39, 0.29) is 18.5 Å². The summed E-state index contributed by atoms with van der Waals surface area (Å²) in [5, 5.41) is 9.10. The Balaban J connectivity index is 2.31. The molecule has 1 aromatic carbocycles. The second kappa shape index (κ2) is 7.21. The number of rotatable bonds is 7. The summed E-state index contributed by atoms with van der Waals surface area (Å²) in [6.45, 7) is 1.80. The minimum Gasteiger partial charge on any atom is -0.495 e. The van der Waals surface area contributed by atoms with Crippen LogP contribution in [0.5, 0.6) is 11.5 Å². The van der Waals surface area contributed by atoms with Gasteiger partial charge in [0.25, 0.3) is 5.91 Å². The second-order valence-corrected chi connectivity index (χ2v) is 6.42. The third-order valence-corrected chi connectivity index (χ3v) is 4.61. The van der Waals surface area contributed by atoms with Gasteiger partial charge in [-0.2, -0.15) is 0 Å². The Hall–Kier alpha value is -1.76. The van der Waals surface area contributed by atoms with E-state index in [1.54, 1.807) is 24.0 Å². The normalized spacial score (nSPS) is 15.0. The zero-order valence-electron chi connectivity index (χ0n) is 13.3. The largest absolute Gasteiger partial charge is 0.495 e. The van der Waals surface area contributed by atoms with Crippen LogP contribution in [-0.2, 0) is 4.79 Å². The average molecular weight is 386 g/mol. The maximum atomic E-state index is 12.8. The minimum atomic E-state index is -0.908. The van der Waals surface area contributed by atoms with E-state index < -0.39 is 11.9 Å². The first-order valence-electron chi connectivity index (χ1n) is 7.34. The van der Waals surface area contributed by atoms with Crippen LogP contribution in [0, 0.1) is 5.92 Å². The van der Waals surface area contributed by atoms with Crippen molar-refractivity contribution in [2.75, 3.05) is 20.8 Å². The van der Waals surface area contributed by atoms with Crippen LogP contribution in [0.25, 0.3) is 0 Å². The monoisotopic (exact) mass is 385 g/mol. The highest BCUT2D eigenvalue weighted by Crippen LogP contribution is 2.37. The molecular weight excluding hydrogens is 366 g/mol. The molecule has 0 bridgehead atoms. The lowest BCUT2D eigenvalue weighted by atomic mass is 10.1. The molecule has 1 aliphatic carbocycles. The summed E-state index contributed by atoms with van der Waals surface area (Å²) in [7, 11) is 3.03. The lowest BCUT2D eigenvalue weighted by Crippen LogP contribution is -2.38. The van der Waals surface area contributed by atoms with E-state index >= 15 is 0 Å². The fraction of sp³-hybridized carbons (Fsp3) is 0.500. The third-order valence-electron chi connectivity index (χ3n) is 3.83. The SMILES string of the molecule is COc1cc(C(=O)N(CC(C)C(=O)O)C2CC2)cc(OC)c1Br. The molecule has 1 saturated carbocycles. The fourth-order valence-corrected chi connectivity index (χ4v) is 2.87. The number of carbonyl (C=O) groups excluding carboxylic acids is 1. The number of benzene rings is 1. The summed E-state index contributed by atoms with van der Waals surface area (Å²) >= 11 is 3.37. The molecule has 0 saturated heterocycles. The number of nitrogens with zero attached hydrogens (tertiary/aromatic N) is 1. The molecule has 1 aromatic rings. The van der Waals surface area contributed by atoms with E-state index in [1.165, 1.54) is 14.2 Å². The van der Waals surface area contributed by atoms with Gasteiger partial charge in [-0.15, -0.1) is 0 Å². The first-order valence-corrected chi connectivity index (χ1v) is 8.13. The average Bonchev–Trinajstić information content (AvgIpc) is 3.36. The zero-order chi connectivity index (χ0) is 17.1. The molecule has 0 spiro atoms. The topological polar surface area (TPSA) is 76.1 Å². The molecule has 1 fully saturated rings. The number of carboxylic acid groups (broad SMARTS) is 1. The van der Waals surface area contributed by atoms with Gasteiger partial charge in [0.15, 0.2) is 0 Å². The van der Waals surface area contributed by atoms with Crippen LogP contribution in [0.2, 0.25) is 0 Å². The van der Waals surface area contributed by atoms with Gasteiger partial charge in [0, 0.05) is 18.2 Å². The molecule has 0 heterocycles. The van der Waals surface area contributed by atoms with Crippen LogP contribution >= 0.6 is 15.9 Å². The number of carboxylic acids is 1. The molecule has 6 nitrogen and oxygen atoms in total. The van der Waals surface area contributed by atoms with Gasteiger partial charge in [0.05, 0.1) is 20.1 Å². The van der Waals surface area contributed by atoms with Crippen molar-refractivity contribution in [3.63, 3.8) is 0 Å². The Morgan fingerprint density at radius 1 is 1.30 bits per heavy atom. The summed E-state index contributed by atoms with van der Waals surface area (Å²) in [6, 6.07) is 3.39. The van der Waals surface area contributed by atoms with E-state index in [2.05, 4.69) is 15.9 Å². The van der Waals surface area contributed by atoms with E-state index in [4.69, 9.17) is 14.6 Å². The summed E-state index contributed by atoms with van der Waals surface area (Å²) in [6.07, 6.45) is 1.81. The maximum Gasteiger partial charge on any atom is 0.308 e. The van der Waals surface area contributed by atoms with Gasteiger partial charge in [-0.1, -0.05) is 6.92 Å². The van der Waals surface area contributed by atoms with Gasteiger partial charge in [-0.25, -0.2) is 0 Å². The number of halogens is 1. The van der Waals surface area contributed by atoms with Gasteiger partial charge < -0.3 is 19.5 Å². The third kappa shape index (κ3) is 3.96. The number of hydrogen-bond acceptors (Lipinski definition) is 4. The smallest absolute Gasteiger partial charge is 0.308 e. The van der Waals surface area contributed by atoms with Crippen molar-refractivity contribution in [2.24, 2.45) is 5.92 Å². The molecule has 0 radical (unpaired) electrons. The maximum absolute atomic E-state index is 12.8. The van der Waals surface area contributed by atoms with Crippen LogP contribution < -0.4 is 9.47 Å². The van der Waals surface area contributed by atoms with Crippen LogP contribution in [0.1, 0.15) is 30.1 Å². The van der Waals surface area contributed by atoms with Crippen LogP contribution in [0.3, 0.4) is 0 Å². The Bertz CT molecular complexity index is 589. The Morgan fingerprint density at radius 2 is 1.83 bits per heavy atom. The van der Waals surface area contributed by atoms with E-state index in [9.17, 15) is 9.59 Å². The summed E-state index contributed by atoms with van der Waals surface area (Å²) < 4.78 is 11.2. The predicted octanol–water partition coefficient (Wildman–Crippen LogP) is 2.79. The van der Waals surface area contributed by atoms with Gasteiger partial charge in [-0.3, -0.25) is 9.59 Å². The summed E-state index contributed by atoms with van der Waals surface area (Å²) in [4.78, 5) is 25.6. The minimum absolute atomic E-state index is 0.116. The molecular formula is C16H20BrNO5. The first kappa shape index (κ1) is 17.6. The zero-order valence-corrected chi connectivity index (χ0v) is 14.9. The molecule has 1 aliphatic rings. The predicted molar refractivity (Wildman–Crippen MR) is 88.1 cm³/mol. The Labute approximate surface area is 143 Å². The highest BCUT2D eigenvalue weighted by molar-refractivity contribution is 9.10. The molecule has 1 atom stereocenters. The van der Waals surface area contributed by atoms with Crippen LogP contribution in [0.4, 0.5) is 0 Å². The van der Waals surface area contributed by atoms with Gasteiger partial charge in [0.1, 0.15) is 16.0 Å². The molecule has 7 heteroatoms. The van der Waals surface area contributed by atoms with Gasteiger partial charge in [-0.05, 0) is 40.9 Å². The molecule has 2 rings (SSSR count). The molecule has 126 valence electrons. The van der Waals surface area contributed by atoms with Crippen molar-refractivity contribution in [2.45, 2.75) is 25.8 Å². The van der Waals surface area contributed by atoms with Crippen molar-refractivity contribution < 1.29 is 24.2 Å². The fourth-order valence-electron chi connectivity index (χ4n) is 2.32. The quantitative estimate of drug-likeness (QED) is 0.780. The van der Waals surface area contributed by atoms with Crippen LogP contribution in [0.15, 0.2) is 16.6 Å². The molecule has 0 aromatic heterocycles. The number of hydrogen-bond donors (Lipinski definition) is 1. The molecule has 0 aliphatic heterocycles. The van der Waals surface area contributed by atoms with Gasteiger partial charge in [0.2, 0.25) is 0 Å². The van der Waals surface area contributed by atoms with Crippen molar-refractivity contribution in [3.8, 4) is 11.5 Å². The van der Waals surface area contributed by atoms with E-state index in [1.807, 2.05) is 0 Å². The number of aliphatic carboxylic acids is 1. The lowest BCUT2D eigenvalue weighted by molar-refractivity contribution is -0.141. The molecule has 1 N–H and O–H groups in total. The van der Waals surface area contributed by atoms with Crippen molar-refractivity contribution in [1.82, 2.24) is 4.90 Å². The first-order chi connectivity index (χ1) is 10.9. The van der Waals surface area contributed by atoms with Crippen molar-refractivity contribution >= 4 is 27.8 Å². The van der Waals surface area contributed by atoms with Crippen molar-refractivity contribution in [1.29, 1.82) is 0 Å². The van der Waals surface area contributed by atoms with E-state index in [0.29, 0.717) is 21.5 Å². The summed E-state index contributed by atoms with van der Waals surface area (Å²) in [5.74, 6) is -0.734. The number of amides is 1. The highest BCUT2D eigenvalue weighted by Gasteiger charge is 2.35. The van der Waals surface area contributed by atoms with E-state index in [0.717, 1.165) is 12.8 Å². The second-order valence-electron chi connectivity index (χ2n) is 5.62. The Kier molecular flexibility index (Phi) is 5.51. The molecule has 1 unspecified atom stereocenters. The number of ether oxygens (including phenoxy) is 2. The summed E-state index contributed by atoms with van der Waals surface area (Å²) in [5.41, 5.74) is 0.423. The number of carbonyl (C=O) groups is 2. The van der Waals surface area contributed by atoms with Crippen molar-refractivity contribution in [3.05, 3.63) is 22.2 Å². The number of methoxy groups -OCH3 is 2.